The number of hydrogen-bond donors (Lipinski definition) is 1. The number of nitrogens with one attached hydrogen (secondary N) is 1. The van der Waals surface area contributed by atoms with Crippen LogP contribution in [-0.2, 0) is 20.0 Å². The van der Waals surface area contributed by atoms with Crippen molar-refractivity contribution in [1.29, 1.82) is 0 Å². The van der Waals surface area contributed by atoms with Gasteiger partial charge in [0.15, 0.2) is 0 Å². The molecule has 0 unspecified atom stereocenters. The molecule has 0 saturated carbocycles. The van der Waals surface area contributed by atoms with Crippen LogP contribution in [0, 0.1) is 6.92 Å². The van der Waals surface area contributed by atoms with Gasteiger partial charge in [-0.3, -0.25) is 0 Å². The molecule has 138 valence electrons. The molecule has 0 bridgehead atoms. The maximum atomic E-state index is 12.3. The first-order valence-electron chi connectivity index (χ1n) is 7.29. The summed E-state index contributed by atoms with van der Waals surface area (Å²) in [5, 5.41) is 0.487. The lowest BCUT2D eigenvalue weighted by molar-refractivity contribution is 0.336. The van der Waals surface area contributed by atoms with Crippen LogP contribution in [0.3, 0.4) is 0 Å². The van der Waals surface area contributed by atoms with E-state index in [4.69, 9.17) is 11.6 Å². The lowest BCUT2D eigenvalue weighted by Crippen LogP contribution is -2.41. The van der Waals surface area contributed by atoms with Gasteiger partial charge in [-0.1, -0.05) is 11.6 Å². The van der Waals surface area contributed by atoms with E-state index >= 15 is 0 Å². The van der Waals surface area contributed by atoms with Crippen LogP contribution in [0.4, 0.5) is 0 Å². The number of aryl methyl sites for hydroxylation is 1. The lowest BCUT2D eigenvalue weighted by Gasteiger charge is -2.22. The first-order valence-corrected chi connectivity index (χ1v) is 11.0. The molecule has 0 heterocycles. The van der Waals surface area contributed by atoms with Crippen LogP contribution in [0.1, 0.15) is 5.56 Å². The van der Waals surface area contributed by atoms with Gasteiger partial charge in [-0.05, 0) is 44.8 Å². The number of nitrogens with zero attached hydrogens (tertiary/aromatic N) is 2. The van der Waals surface area contributed by atoms with Gasteiger partial charge in [-0.2, -0.15) is 4.31 Å². The first-order chi connectivity index (χ1) is 10.9. The zero-order valence-electron chi connectivity index (χ0n) is 14.3. The Morgan fingerprint density at radius 1 is 1.08 bits per heavy atom. The summed E-state index contributed by atoms with van der Waals surface area (Å²) in [6.45, 7) is 2.63. The lowest BCUT2D eigenvalue weighted by atomic mass is 10.2. The van der Waals surface area contributed by atoms with Gasteiger partial charge in [0.1, 0.15) is 0 Å². The molecule has 24 heavy (non-hydrogen) atoms. The van der Waals surface area contributed by atoms with Crippen molar-refractivity contribution in [3.05, 3.63) is 28.8 Å². The molecule has 0 aliphatic carbocycles. The van der Waals surface area contributed by atoms with E-state index in [-0.39, 0.29) is 18.0 Å². The second-order valence-corrected chi connectivity index (χ2v) is 9.93. The molecular weight excluding hydrogens is 374 g/mol. The Morgan fingerprint density at radius 2 is 1.71 bits per heavy atom. The third-order valence-electron chi connectivity index (χ3n) is 3.36. The summed E-state index contributed by atoms with van der Waals surface area (Å²) >= 11 is 5.89. The Bertz CT molecular complexity index is 764. The Labute approximate surface area is 149 Å². The molecule has 0 aliphatic heterocycles. The normalized spacial score (nSPS) is 13.0. The van der Waals surface area contributed by atoms with Crippen molar-refractivity contribution < 1.29 is 16.8 Å². The average molecular weight is 398 g/mol. The fourth-order valence-corrected chi connectivity index (χ4v) is 3.99. The van der Waals surface area contributed by atoms with E-state index in [1.807, 2.05) is 19.0 Å². The van der Waals surface area contributed by atoms with Gasteiger partial charge < -0.3 is 4.90 Å². The number of sulfonamides is 2. The van der Waals surface area contributed by atoms with Crippen LogP contribution in [0.2, 0.25) is 5.02 Å². The van der Waals surface area contributed by atoms with Gasteiger partial charge in [0.2, 0.25) is 20.0 Å². The summed E-state index contributed by atoms with van der Waals surface area (Å²) in [6.07, 6.45) is 1.11. The number of likely N-dealkylation sites (N-methyl/N-ethyl adjacent to an activating group) is 1. The van der Waals surface area contributed by atoms with E-state index in [1.165, 1.54) is 22.5 Å². The van der Waals surface area contributed by atoms with Crippen molar-refractivity contribution in [2.24, 2.45) is 0 Å². The van der Waals surface area contributed by atoms with Crippen molar-refractivity contribution >= 4 is 31.6 Å². The van der Waals surface area contributed by atoms with Crippen LogP contribution < -0.4 is 4.72 Å². The molecule has 0 amide bonds. The fourth-order valence-electron chi connectivity index (χ4n) is 1.93. The molecule has 10 heteroatoms. The summed E-state index contributed by atoms with van der Waals surface area (Å²) < 4.78 is 51.7. The maximum absolute atomic E-state index is 12.3. The van der Waals surface area contributed by atoms with Crippen LogP contribution in [0.5, 0.6) is 0 Å². The highest BCUT2D eigenvalue weighted by molar-refractivity contribution is 7.89. The Kier molecular flexibility index (Phi) is 7.64. The maximum Gasteiger partial charge on any atom is 0.240 e. The summed E-state index contributed by atoms with van der Waals surface area (Å²) in [4.78, 5) is 1.96. The quantitative estimate of drug-likeness (QED) is 0.664. The van der Waals surface area contributed by atoms with Gasteiger partial charge in [0, 0.05) is 31.2 Å². The van der Waals surface area contributed by atoms with E-state index < -0.39 is 20.0 Å². The van der Waals surface area contributed by atoms with Crippen molar-refractivity contribution in [3.8, 4) is 0 Å². The number of rotatable bonds is 9. The predicted octanol–water partition coefficient (Wildman–Crippen LogP) is 0.750. The van der Waals surface area contributed by atoms with Crippen molar-refractivity contribution in [3.63, 3.8) is 0 Å². The first kappa shape index (κ1) is 21.3. The van der Waals surface area contributed by atoms with Crippen molar-refractivity contribution in [2.75, 3.05) is 46.5 Å². The Morgan fingerprint density at radius 3 is 2.21 bits per heavy atom. The van der Waals surface area contributed by atoms with Crippen molar-refractivity contribution in [1.82, 2.24) is 13.9 Å². The van der Waals surface area contributed by atoms with Crippen molar-refractivity contribution in [2.45, 2.75) is 11.8 Å². The molecular formula is C14H24ClN3O4S2. The van der Waals surface area contributed by atoms with Gasteiger partial charge >= 0.3 is 0 Å². The standard InChI is InChI=1S/C14H24ClN3O4S2/c1-12-11-13(5-6-14(12)15)24(21,22)16-7-8-18(23(4,19)20)10-9-17(2)3/h5-6,11,16H,7-10H2,1-4H3. The Balaban J connectivity index is 2.73. The highest BCUT2D eigenvalue weighted by Gasteiger charge is 2.19. The van der Waals surface area contributed by atoms with Crippen LogP contribution in [0.15, 0.2) is 23.1 Å². The van der Waals surface area contributed by atoms with Gasteiger partial charge in [-0.15, -0.1) is 0 Å². The van der Waals surface area contributed by atoms with Crippen LogP contribution in [0.25, 0.3) is 0 Å². The molecule has 0 aromatic heterocycles. The molecule has 7 nitrogen and oxygen atoms in total. The Hall–Kier alpha value is -0.710. The van der Waals surface area contributed by atoms with Gasteiger partial charge in [0.25, 0.3) is 0 Å². The summed E-state index contributed by atoms with van der Waals surface area (Å²) in [7, 11) is -3.43. The topological polar surface area (TPSA) is 86.8 Å². The van der Waals surface area contributed by atoms with E-state index in [0.29, 0.717) is 23.7 Å². The smallest absolute Gasteiger partial charge is 0.240 e. The molecule has 0 fully saturated rings. The second-order valence-electron chi connectivity index (χ2n) is 5.77. The second kappa shape index (κ2) is 8.59. The van der Waals surface area contributed by atoms with E-state index in [1.54, 1.807) is 6.92 Å². The van der Waals surface area contributed by atoms with E-state index in [0.717, 1.165) is 6.26 Å². The minimum absolute atomic E-state index is 0.00942. The number of halogens is 1. The number of benzene rings is 1. The van der Waals surface area contributed by atoms with Gasteiger partial charge in [0.05, 0.1) is 11.2 Å². The molecule has 1 aromatic carbocycles. The molecule has 0 spiro atoms. The highest BCUT2D eigenvalue weighted by atomic mass is 35.5. The number of hydrogen-bond acceptors (Lipinski definition) is 5. The minimum Gasteiger partial charge on any atom is -0.308 e. The SMILES string of the molecule is Cc1cc(S(=O)(=O)NCCN(CCN(C)C)S(C)(=O)=O)ccc1Cl. The summed E-state index contributed by atoms with van der Waals surface area (Å²) in [6, 6.07) is 4.41. The average Bonchev–Trinajstić information content (AvgIpc) is 2.43. The van der Waals surface area contributed by atoms with E-state index in [9.17, 15) is 16.8 Å². The highest BCUT2D eigenvalue weighted by Crippen LogP contribution is 2.19. The molecule has 0 radical (unpaired) electrons. The molecule has 1 rings (SSSR count). The molecule has 0 saturated heterocycles. The fraction of sp³-hybridized carbons (Fsp3) is 0.571. The monoisotopic (exact) mass is 397 g/mol. The van der Waals surface area contributed by atoms with Crippen LogP contribution in [-0.4, -0.2) is 72.6 Å². The summed E-state index contributed by atoms with van der Waals surface area (Å²) in [5.41, 5.74) is 0.656. The molecule has 0 aliphatic rings. The van der Waals surface area contributed by atoms with Crippen LogP contribution >= 0.6 is 11.6 Å². The third-order valence-corrected chi connectivity index (χ3v) is 6.54. The predicted molar refractivity (Wildman–Crippen MR) is 96.3 cm³/mol. The minimum atomic E-state index is -3.71. The summed E-state index contributed by atoms with van der Waals surface area (Å²) in [5.74, 6) is 0. The molecule has 0 atom stereocenters. The largest absolute Gasteiger partial charge is 0.308 e. The zero-order chi connectivity index (χ0) is 18.5. The van der Waals surface area contributed by atoms with E-state index in [2.05, 4.69) is 4.72 Å². The zero-order valence-corrected chi connectivity index (χ0v) is 16.7. The third kappa shape index (κ3) is 6.66. The molecule has 1 N–H and O–H groups in total. The van der Waals surface area contributed by atoms with Gasteiger partial charge in [-0.25, -0.2) is 21.6 Å². The molecule has 1 aromatic rings.